The Bertz CT molecular complexity index is 1520. The molecule has 0 radical (unpaired) electrons. The van der Waals surface area contributed by atoms with Crippen molar-refractivity contribution >= 4 is 38.4 Å². The maximum atomic E-state index is 12.6. The number of aryl methyl sites for hydroxylation is 6. The first kappa shape index (κ1) is 40.5. The van der Waals surface area contributed by atoms with E-state index >= 15 is 0 Å². The van der Waals surface area contributed by atoms with E-state index in [9.17, 15) is 14.4 Å². The van der Waals surface area contributed by atoms with Crippen LogP contribution in [0.3, 0.4) is 0 Å². The summed E-state index contributed by atoms with van der Waals surface area (Å²) in [5.41, 5.74) is 1.91. The molecule has 3 aromatic rings. The highest BCUT2D eigenvalue weighted by Crippen LogP contribution is 2.73. The van der Waals surface area contributed by atoms with Crippen molar-refractivity contribution in [1.82, 2.24) is 0 Å². The topological polar surface area (TPSA) is 107 Å². The van der Waals surface area contributed by atoms with E-state index < -0.39 is 44.5 Å². The zero-order valence-electron chi connectivity index (χ0n) is 31.9. The minimum Gasteiger partial charge on any atom is -0.428 e. The number of halogens is 1. The van der Waals surface area contributed by atoms with Crippen LogP contribution in [0.1, 0.15) is 95.7 Å². The van der Waals surface area contributed by atoms with Gasteiger partial charge in [-0.25, -0.2) is 14.4 Å². The Kier molecular flexibility index (Phi) is 12.0. The van der Waals surface area contributed by atoms with Crippen LogP contribution in [0.15, 0.2) is 51.1 Å². The molecule has 3 rings (SSSR count). The lowest BCUT2D eigenvalue weighted by Gasteiger charge is -2.36. The summed E-state index contributed by atoms with van der Waals surface area (Å²) in [6.07, 6.45) is -2.42. The van der Waals surface area contributed by atoms with E-state index in [2.05, 4.69) is 0 Å². The maximum Gasteiger partial charge on any atom is 0.514 e. The molecule has 0 unspecified atom stereocenters. The Balaban J connectivity index is 2.24. The van der Waals surface area contributed by atoms with Gasteiger partial charge >= 0.3 is 18.5 Å². The molecule has 0 fully saturated rings. The molecule has 274 valence electrons. The number of benzene rings is 3. The van der Waals surface area contributed by atoms with Gasteiger partial charge in [0.2, 0.25) is 0 Å². The molecule has 3 aromatic carbocycles. The number of hydrogen-bond acceptors (Lipinski definition) is 9. The molecule has 0 saturated heterocycles. The minimum atomic E-state index is -2.58. The van der Waals surface area contributed by atoms with Crippen LogP contribution in [0.4, 0.5) is 14.4 Å². The Labute approximate surface area is 302 Å². The molecular formula is C39H51ClO9S. The van der Waals surface area contributed by atoms with E-state index in [0.29, 0.717) is 50.6 Å². The number of carbonyl (C=O) groups is 3. The molecule has 0 spiro atoms. The zero-order chi connectivity index (χ0) is 38.1. The van der Waals surface area contributed by atoms with Crippen molar-refractivity contribution in [3.63, 3.8) is 0 Å². The van der Waals surface area contributed by atoms with Gasteiger partial charge < -0.3 is 28.4 Å². The van der Waals surface area contributed by atoms with Gasteiger partial charge in [-0.05, 0) is 174 Å². The van der Waals surface area contributed by atoms with Crippen molar-refractivity contribution in [2.75, 3.05) is 0 Å². The van der Waals surface area contributed by atoms with E-state index in [1.54, 1.807) is 62.3 Å². The average Bonchev–Trinajstić information content (AvgIpc) is 2.91. The van der Waals surface area contributed by atoms with Crippen molar-refractivity contribution in [3.05, 3.63) is 69.8 Å². The normalized spacial score (nSPS) is 12.6. The van der Waals surface area contributed by atoms with Crippen LogP contribution in [-0.4, -0.2) is 35.3 Å². The quantitative estimate of drug-likeness (QED) is 0.139. The number of rotatable bonds is 6. The monoisotopic (exact) mass is 730 g/mol. The molecule has 0 aromatic heterocycles. The summed E-state index contributed by atoms with van der Waals surface area (Å²) >= 11 is 0. The summed E-state index contributed by atoms with van der Waals surface area (Å²) < 4.78 is 33.2. The Morgan fingerprint density at radius 3 is 0.780 bits per heavy atom. The number of ether oxygens (including phenoxy) is 6. The molecular weight excluding hydrogens is 680 g/mol. The standard InChI is InChI=1S/C39H51ClO9S/c1-22-16-28(17-23(2)31(22)44-34(41)47-37(7,8)9)50(40,29-18-24(3)32(25(4)19-29)45-35(42)48-38(10,11)12)30-20-26(5)33(27(6)21-30)46-36(43)49-39(13,14)15/h16-21H,1-15H3. The van der Waals surface area contributed by atoms with E-state index in [1.165, 1.54) is 0 Å². The van der Waals surface area contributed by atoms with Crippen LogP contribution < -0.4 is 14.2 Å². The first-order valence-electron chi connectivity index (χ1n) is 16.3. The number of carbonyl (C=O) groups excluding carboxylic acids is 3. The van der Waals surface area contributed by atoms with Gasteiger partial charge in [0.15, 0.2) is 0 Å². The molecule has 0 N–H and O–H groups in total. The third-order valence-corrected chi connectivity index (χ3v) is 11.3. The average molecular weight is 731 g/mol. The fraction of sp³-hybridized carbons (Fsp3) is 0.462. The van der Waals surface area contributed by atoms with Crippen LogP contribution in [0.5, 0.6) is 17.2 Å². The van der Waals surface area contributed by atoms with Crippen LogP contribution >= 0.6 is 19.9 Å². The Morgan fingerprint density at radius 1 is 0.440 bits per heavy atom. The molecule has 0 atom stereocenters. The lowest BCUT2D eigenvalue weighted by molar-refractivity contribution is 0.0190. The highest BCUT2D eigenvalue weighted by molar-refractivity contribution is 8.51. The van der Waals surface area contributed by atoms with Gasteiger partial charge in [-0.2, -0.15) is 0 Å². The molecule has 0 aliphatic heterocycles. The second-order valence-corrected chi connectivity index (χ2v) is 19.3. The molecule has 0 bridgehead atoms. The van der Waals surface area contributed by atoms with Crippen molar-refractivity contribution in [2.45, 2.75) is 135 Å². The Hall–Kier alpha value is -3.89. The van der Waals surface area contributed by atoms with Crippen LogP contribution in [0.2, 0.25) is 0 Å². The summed E-state index contributed by atoms with van der Waals surface area (Å²) in [6.45, 7) is 27.0. The second-order valence-electron chi connectivity index (χ2n) is 15.4. The van der Waals surface area contributed by atoms with Crippen molar-refractivity contribution in [2.24, 2.45) is 0 Å². The summed E-state index contributed by atoms with van der Waals surface area (Å²) in [4.78, 5) is 40.2. The molecule has 0 saturated carbocycles. The first-order chi connectivity index (χ1) is 22.7. The predicted molar refractivity (Wildman–Crippen MR) is 197 cm³/mol. The van der Waals surface area contributed by atoms with Crippen molar-refractivity contribution < 1.29 is 42.8 Å². The van der Waals surface area contributed by atoms with Crippen LogP contribution in [-0.2, 0) is 14.2 Å². The van der Waals surface area contributed by atoms with Crippen molar-refractivity contribution in [1.29, 1.82) is 0 Å². The summed E-state index contributed by atoms with van der Waals surface area (Å²) in [7, 11) is 5.39. The lowest BCUT2D eigenvalue weighted by atomic mass is 10.1. The highest BCUT2D eigenvalue weighted by Gasteiger charge is 2.34. The van der Waals surface area contributed by atoms with Crippen LogP contribution in [0.25, 0.3) is 0 Å². The molecule has 50 heavy (non-hydrogen) atoms. The summed E-state index contributed by atoms with van der Waals surface area (Å²) in [5, 5.41) is 0. The third-order valence-electron chi connectivity index (χ3n) is 7.00. The van der Waals surface area contributed by atoms with Gasteiger partial charge in [0, 0.05) is 14.7 Å². The molecule has 9 nitrogen and oxygen atoms in total. The van der Waals surface area contributed by atoms with E-state index in [4.69, 9.17) is 39.1 Å². The van der Waals surface area contributed by atoms with E-state index in [-0.39, 0.29) is 0 Å². The molecule has 0 aliphatic rings. The fourth-order valence-corrected chi connectivity index (χ4v) is 8.83. The first-order valence-corrected chi connectivity index (χ1v) is 18.8. The molecule has 0 aliphatic carbocycles. The van der Waals surface area contributed by atoms with Gasteiger partial charge in [0.25, 0.3) is 0 Å². The number of hydrogen-bond donors (Lipinski definition) is 0. The van der Waals surface area contributed by atoms with Gasteiger partial charge in [0.1, 0.15) is 34.1 Å². The van der Waals surface area contributed by atoms with Gasteiger partial charge in [-0.3, -0.25) is 0 Å². The molecule has 0 amide bonds. The zero-order valence-corrected chi connectivity index (χ0v) is 33.5. The smallest absolute Gasteiger partial charge is 0.428 e. The third kappa shape index (κ3) is 10.3. The van der Waals surface area contributed by atoms with Gasteiger partial charge in [-0.1, -0.05) is 19.9 Å². The highest BCUT2D eigenvalue weighted by atomic mass is 35.7. The SMILES string of the molecule is Cc1cc(S(Cl)(c2cc(C)c(OC(=O)OC(C)(C)C)c(C)c2)c2cc(C)c(OC(=O)OC(C)(C)C)c(C)c2)cc(C)c1OC(=O)OC(C)(C)C. The van der Waals surface area contributed by atoms with Crippen molar-refractivity contribution in [3.8, 4) is 17.2 Å². The van der Waals surface area contributed by atoms with Gasteiger partial charge in [0.05, 0.1) is 0 Å². The lowest BCUT2D eigenvalue weighted by Crippen LogP contribution is -2.26. The van der Waals surface area contributed by atoms with Crippen LogP contribution in [0, 0.1) is 41.5 Å². The predicted octanol–water partition coefficient (Wildman–Crippen LogP) is 11.9. The maximum absolute atomic E-state index is 12.6. The van der Waals surface area contributed by atoms with E-state index in [1.807, 2.05) is 77.9 Å². The second kappa shape index (κ2) is 14.8. The van der Waals surface area contributed by atoms with E-state index in [0.717, 1.165) is 14.7 Å². The van der Waals surface area contributed by atoms with Gasteiger partial charge in [-0.15, -0.1) is 0 Å². The Morgan fingerprint density at radius 2 is 0.620 bits per heavy atom. The summed E-state index contributed by atoms with van der Waals surface area (Å²) in [6, 6.07) is 11.4. The fourth-order valence-electron chi connectivity index (χ4n) is 5.17. The minimum absolute atomic E-state index is 0.378. The summed E-state index contributed by atoms with van der Waals surface area (Å²) in [5.74, 6) is 1.13. The largest absolute Gasteiger partial charge is 0.514 e. The molecule has 0 heterocycles. The molecule has 11 heteroatoms.